The number of carbonyl (C=O) groups is 1. The van der Waals surface area contributed by atoms with Crippen LogP contribution in [0.4, 0.5) is 0 Å². The smallest absolute Gasteiger partial charge is 0.307 e. The van der Waals surface area contributed by atoms with E-state index in [1.54, 1.807) is 6.07 Å². The maximum absolute atomic E-state index is 12.2. The van der Waals surface area contributed by atoms with Crippen LogP contribution >= 0.6 is 27.5 Å². The lowest BCUT2D eigenvalue weighted by Crippen LogP contribution is -2.33. The quantitative estimate of drug-likeness (QED) is 0.739. The molecule has 5 nitrogen and oxygen atoms in total. The standard InChI is InChI=1S/C13H17BrClNO4S/c1-8(2)5-9(13(17)18)7-16-21(19,20)12-4-3-10(14)6-11(12)15/h3-4,6,8-9,16H,5,7H2,1-2H3,(H,17,18). The van der Waals surface area contributed by atoms with Gasteiger partial charge in [-0.3, -0.25) is 4.79 Å². The monoisotopic (exact) mass is 397 g/mol. The number of nitrogens with one attached hydrogen (secondary N) is 1. The van der Waals surface area contributed by atoms with Crippen molar-refractivity contribution < 1.29 is 18.3 Å². The van der Waals surface area contributed by atoms with Gasteiger partial charge in [0.25, 0.3) is 0 Å². The lowest BCUT2D eigenvalue weighted by molar-refractivity contribution is -0.142. The van der Waals surface area contributed by atoms with Crippen LogP contribution in [0.5, 0.6) is 0 Å². The van der Waals surface area contributed by atoms with Gasteiger partial charge in [0.1, 0.15) is 4.90 Å². The van der Waals surface area contributed by atoms with Crippen LogP contribution in [-0.4, -0.2) is 26.0 Å². The first-order valence-electron chi connectivity index (χ1n) is 6.31. The molecule has 0 spiro atoms. The van der Waals surface area contributed by atoms with E-state index in [0.717, 1.165) is 0 Å². The number of carboxylic acids is 1. The molecular weight excluding hydrogens is 382 g/mol. The van der Waals surface area contributed by atoms with Crippen molar-refractivity contribution in [2.75, 3.05) is 6.54 Å². The Kier molecular flexibility index (Phi) is 6.65. The Morgan fingerprint density at radius 2 is 2.05 bits per heavy atom. The number of benzene rings is 1. The van der Waals surface area contributed by atoms with Crippen LogP contribution in [0, 0.1) is 11.8 Å². The summed E-state index contributed by atoms with van der Waals surface area (Å²) in [5.41, 5.74) is 0. The zero-order valence-electron chi connectivity index (χ0n) is 11.6. The Bertz CT molecular complexity index is 619. The molecule has 2 N–H and O–H groups in total. The largest absolute Gasteiger partial charge is 0.481 e. The van der Waals surface area contributed by atoms with Crippen LogP contribution in [0.1, 0.15) is 20.3 Å². The summed E-state index contributed by atoms with van der Waals surface area (Å²) in [7, 11) is -3.84. The molecule has 1 rings (SSSR count). The number of hydrogen-bond donors (Lipinski definition) is 2. The first-order valence-corrected chi connectivity index (χ1v) is 8.96. The lowest BCUT2D eigenvalue weighted by atomic mass is 9.98. The number of halogens is 2. The predicted molar refractivity (Wildman–Crippen MR) is 84.9 cm³/mol. The van der Waals surface area contributed by atoms with Crippen molar-refractivity contribution in [1.82, 2.24) is 4.72 Å². The topological polar surface area (TPSA) is 83.5 Å². The second-order valence-electron chi connectivity index (χ2n) is 5.09. The first kappa shape index (κ1) is 18.4. The minimum Gasteiger partial charge on any atom is -0.481 e. The van der Waals surface area contributed by atoms with Gasteiger partial charge < -0.3 is 5.11 Å². The first-order chi connectivity index (χ1) is 9.63. The Morgan fingerprint density at radius 3 is 2.52 bits per heavy atom. The predicted octanol–water partition coefficient (Wildman–Crippen LogP) is 3.13. The van der Waals surface area contributed by atoms with Crippen molar-refractivity contribution in [2.45, 2.75) is 25.2 Å². The van der Waals surface area contributed by atoms with Gasteiger partial charge in [0.2, 0.25) is 10.0 Å². The average molecular weight is 399 g/mol. The van der Waals surface area contributed by atoms with Gasteiger partial charge in [-0.25, -0.2) is 13.1 Å². The molecule has 0 aromatic heterocycles. The fourth-order valence-electron chi connectivity index (χ4n) is 1.82. The van der Waals surface area contributed by atoms with Crippen molar-refractivity contribution in [1.29, 1.82) is 0 Å². The molecule has 8 heteroatoms. The third-order valence-corrected chi connectivity index (χ3v) is 5.21. The minimum absolute atomic E-state index is 0.0685. The van der Waals surface area contributed by atoms with Crippen molar-refractivity contribution in [3.8, 4) is 0 Å². The maximum Gasteiger partial charge on any atom is 0.307 e. The van der Waals surface area contributed by atoms with Gasteiger partial charge >= 0.3 is 5.97 Å². The number of hydrogen-bond acceptors (Lipinski definition) is 3. The van der Waals surface area contributed by atoms with Crippen molar-refractivity contribution in [3.05, 3.63) is 27.7 Å². The van der Waals surface area contributed by atoms with Crippen molar-refractivity contribution in [3.63, 3.8) is 0 Å². The fourth-order valence-corrected chi connectivity index (χ4v) is 3.94. The lowest BCUT2D eigenvalue weighted by Gasteiger charge is -2.16. The highest BCUT2D eigenvalue weighted by Crippen LogP contribution is 2.25. The van der Waals surface area contributed by atoms with Crippen molar-refractivity contribution in [2.24, 2.45) is 11.8 Å². The zero-order chi connectivity index (χ0) is 16.2. The highest BCUT2D eigenvalue weighted by molar-refractivity contribution is 9.10. The Morgan fingerprint density at radius 1 is 1.43 bits per heavy atom. The average Bonchev–Trinajstić information content (AvgIpc) is 2.33. The summed E-state index contributed by atoms with van der Waals surface area (Å²) in [6.07, 6.45) is 0.395. The molecule has 0 radical (unpaired) electrons. The third kappa shape index (κ3) is 5.58. The maximum atomic E-state index is 12.2. The van der Waals surface area contributed by atoms with Gasteiger partial charge in [-0.2, -0.15) is 0 Å². The number of aliphatic carboxylic acids is 1. The van der Waals surface area contributed by atoms with Gasteiger partial charge in [-0.1, -0.05) is 41.4 Å². The van der Waals surface area contributed by atoms with Crippen LogP contribution in [-0.2, 0) is 14.8 Å². The third-order valence-electron chi connectivity index (χ3n) is 2.81. The summed E-state index contributed by atoms with van der Waals surface area (Å²) < 4.78 is 27.3. The molecule has 0 bridgehead atoms. The molecular formula is C13H17BrClNO4S. The van der Waals surface area contributed by atoms with E-state index in [-0.39, 0.29) is 22.4 Å². The van der Waals surface area contributed by atoms with E-state index in [4.69, 9.17) is 16.7 Å². The molecule has 0 aliphatic carbocycles. The molecule has 0 aliphatic heterocycles. The molecule has 1 atom stereocenters. The van der Waals surface area contributed by atoms with Gasteiger partial charge in [0.15, 0.2) is 0 Å². The van der Waals surface area contributed by atoms with Gasteiger partial charge in [-0.05, 0) is 30.5 Å². The van der Waals surface area contributed by atoms with E-state index in [2.05, 4.69) is 20.7 Å². The second kappa shape index (κ2) is 7.58. The minimum atomic E-state index is -3.84. The zero-order valence-corrected chi connectivity index (χ0v) is 14.8. The Balaban J connectivity index is 2.87. The molecule has 0 amide bonds. The molecule has 1 aromatic rings. The molecule has 0 heterocycles. The molecule has 118 valence electrons. The van der Waals surface area contributed by atoms with E-state index in [1.807, 2.05) is 13.8 Å². The fraction of sp³-hybridized carbons (Fsp3) is 0.462. The van der Waals surface area contributed by atoms with E-state index in [0.29, 0.717) is 10.9 Å². The highest BCUT2D eigenvalue weighted by Gasteiger charge is 2.24. The summed E-state index contributed by atoms with van der Waals surface area (Å²) in [6.45, 7) is 3.61. The van der Waals surface area contributed by atoms with E-state index < -0.39 is 21.9 Å². The second-order valence-corrected chi connectivity index (χ2v) is 8.15. The van der Waals surface area contributed by atoms with Crippen LogP contribution in [0.2, 0.25) is 5.02 Å². The van der Waals surface area contributed by atoms with Crippen LogP contribution in [0.15, 0.2) is 27.6 Å². The molecule has 0 fully saturated rings. The van der Waals surface area contributed by atoms with Crippen molar-refractivity contribution >= 4 is 43.5 Å². The molecule has 0 aliphatic rings. The number of rotatable bonds is 7. The van der Waals surface area contributed by atoms with E-state index in [9.17, 15) is 13.2 Å². The van der Waals surface area contributed by atoms with Gasteiger partial charge in [0.05, 0.1) is 10.9 Å². The normalized spacial score (nSPS) is 13.4. The van der Waals surface area contributed by atoms with Crippen LogP contribution < -0.4 is 4.72 Å². The Labute approximate surface area is 137 Å². The summed E-state index contributed by atoms with van der Waals surface area (Å²) in [5, 5.41) is 9.19. The summed E-state index contributed by atoms with van der Waals surface area (Å²) in [6, 6.07) is 4.40. The van der Waals surface area contributed by atoms with Crippen LogP contribution in [0.3, 0.4) is 0 Å². The van der Waals surface area contributed by atoms with E-state index in [1.165, 1.54) is 12.1 Å². The van der Waals surface area contributed by atoms with E-state index >= 15 is 0 Å². The summed E-state index contributed by atoms with van der Waals surface area (Å²) in [4.78, 5) is 11.1. The number of carboxylic acid groups (broad SMARTS) is 1. The number of sulfonamides is 1. The summed E-state index contributed by atoms with van der Waals surface area (Å²) in [5.74, 6) is -1.63. The SMILES string of the molecule is CC(C)CC(CNS(=O)(=O)c1ccc(Br)cc1Cl)C(=O)O. The van der Waals surface area contributed by atoms with Crippen LogP contribution in [0.25, 0.3) is 0 Å². The van der Waals surface area contributed by atoms with Gasteiger partial charge in [-0.15, -0.1) is 0 Å². The molecule has 0 saturated heterocycles. The molecule has 0 saturated carbocycles. The Hall–Kier alpha value is -0.630. The molecule has 21 heavy (non-hydrogen) atoms. The van der Waals surface area contributed by atoms with Gasteiger partial charge in [0, 0.05) is 11.0 Å². The molecule has 1 unspecified atom stereocenters. The summed E-state index contributed by atoms with van der Waals surface area (Å²) >= 11 is 9.10. The highest BCUT2D eigenvalue weighted by atomic mass is 79.9. The molecule has 1 aromatic carbocycles.